The molecule has 1 aromatic carbocycles. The Morgan fingerprint density at radius 3 is 2.85 bits per heavy atom. The van der Waals surface area contributed by atoms with Gasteiger partial charge in [-0.25, -0.2) is 0 Å². The molecule has 0 radical (unpaired) electrons. The highest BCUT2D eigenvalue weighted by molar-refractivity contribution is 6.03. The Balaban J connectivity index is 2.05. The summed E-state index contributed by atoms with van der Waals surface area (Å²) in [6.45, 7) is 8.13. The third-order valence-electron chi connectivity index (χ3n) is 4.53. The van der Waals surface area contributed by atoms with Gasteiger partial charge in [-0.1, -0.05) is 25.5 Å². The Morgan fingerprint density at radius 2 is 2.10 bits per heavy atom. The van der Waals surface area contributed by atoms with Gasteiger partial charge in [0.1, 0.15) is 5.69 Å². The molecule has 0 fully saturated rings. The molecule has 0 atom stereocenters. The van der Waals surface area contributed by atoms with Crippen LogP contribution in [0.2, 0.25) is 0 Å². The first-order valence-electron chi connectivity index (χ1n) is 7.53. The molecule has 1 aliphatic rings. The molecule has 3 nitrogen and oxygen atoms in total. The number of unbranched alkanes of at least 4 members (excludes halogenated alkanes) is 1. The van der Waals surface area contributed by atoms with Crippen LogP contribution in [-0.4, -0.2) is 28.9 Å². The van der Waals surface area contributed by atoms with E-state index in [9.17, 15) is 4.79 Å². The number of fused-ring (bicyclic) bond motifs is 3. The zero-order chi connectivity index (χ0) is 14.3. The van der Waals surface area contributed by atoms with Crippen LogP contribution in [0.1, 0.15) is 46.9 Å². The Bertz CT molecular complexity index is 669. The fourth-order valence-electron chi connectivity index (χ4n) is 3.07. The maximum absolute atomic E-state index is 12.6. The smallest absolute Gasteiger partial charge is 0.270 e. The van der Waals surface area contributed by atoms with E-state index in [1.807, 2.05) is 4.90 Å². The molecular formula is C17H22N2O. The number of nitrogens with zero attached hydrogens (tertiary/aromatic N) is 1. The molecular weight excluding hydrogens is 248 g/mol. The molecule has 3 heteroatoms. The molecule has 1 aromatic heterocycles. The van der Waals surface area contributed by atoms with Crippen LogP contribution in [0.5, 0.6) is 0 Å². The van der Waals surface area contributed by atoms with Crippen molar-refractivity contribution in [3.63, 3.8) is 0 Å². The third kappa shape index (κ3) is 1.92. The number of nitrogens with one attached hydrogen (secondary N) is 1. The average Bonchev–Trinajstić information content (AvgIpc) is 2.83. The average molecular weight is 270 g/mol. The maximum atomic E-state index is 12.6. The lowest BCUT2D eigenvalue weighted by atomic mass is 10.00. The number of aromatic amines is 1. The number of amides is 1. The molecule has 3 rings (SSSR count). The lowest BCUT2D eigenvalue weighted by molar-refractivity contribution is 0.0732. The second-order valence-corrected chi connectivity index (χ2v) is 5.80. The normalized spacial score (nSPS) is 14.9. The highest BCUT2D eigenvalue weighted by atomic mass is 16.2. The number of benzene rings is 1. The zero-order valence-corrected chi connectivity index (χ0v) is 12.5. The van der Waals surface area contributed by atoms with Gasteiger partial charge in [0, 0.05) is 24.0 Å². The number of hydrogen-bond acceptors (Lipinski definition) is 1. The fraction of sp³-hybridized carbons (Fsp3) is 0.471. The van der Waals surface area contributed by atoms with Crippen molar-refractivity contribution in [1.82, 2.24) is 9.88 Å². The van der Waals surface area contributed by atoms with E-state index in [2.05, 4.69) is 37.9 Å². The fourth-order valence-corrected chi connectivity index (χ4v) is 3.07. The largest absolute Gasteiger partial charge is 0.350 e. The number of aromatic nitrogens is 1. The first kappa shape index (κ1) is 13.2. The summed E-state index contributed by atoms with van der Waals surface area (Å²) in [7, 11) is 0. The number of H-pyrrole nitrogens is 1. The van der Waals surface area contributed by atoms with Crippen molar-refractivity contribution in [3.05, 3.63) is 34.5 Å². The number of carbonyl (C=O) groups excluding carboxylic acids is 1. The Morgan fingerprint density at radius 1 is 1.30 bits per heavy atom. The molecule has 0 unspecified atom stereocenters. The summed E-state index contributed by atoms with van der Waals surface area (Å²) in [5.74, 6) is 0.174. The summed E-state index contributed by atoms with van der Waals surface area (Å²) in [6.07, 6.45) is 3.17. The second-order valence-electron chi connectivity index (χ2n) is 5.80. The quantitative estimate of drug-likeness (QED) is 0.909. The first-order chi connectivity index (χ1) is 9.63. The van der Waals surface area contributed by atoms with Crippen molar-refractivity contribution in [2.24, 2.45) is 0 Å². The van der Waals surface area contributed by atoms with E-state index in [1.165, 1.54) is 22.1 Å². The number of aryl methyl sites for hydroxylation is 2. The van der Waals surface area contributed by atoms with Crippen LogP contribution in [0.25, 0.3) is 10.9 Å². The molecule has 1 N–H and O–H groups in total. The number of carbonyl (C=O) groups is 1. The van der Waals surface area contributed by atoms with Crippen molar-refractivity contribution in [2.75, 3.05) is 13.1 Å². The van der Waals surface area contributed by atoms with Crippen LogP contribution in [-0.2, 0) is 6.42 Å². The van der Waals surface area contributed by atoms with Crippen molar-refractivity contribution >= 4 is 16.8 Å². The predicted molar refractivity (Wildman–Crippen MR) is 82.3 cm³/mol. The van der Waals surface area contributed by atoms with Crippen LogP contribution in [0.15, 0.2) is 12.1 Å². The van der Waals surface area contributed by atoms with E-state index in [1.54, 1.807) is 0 Å². The van der Waals surface area contributed by atoms with E-state index in [0.717, 1.165) is 43.6 Å². The van der Waals surface area contributed by atoms with Gasteiger partial charge in [-0.05, 0) is 43.4 Å². The minimum absolute atomic E-state index is 0.174. The second kappa shape index (κ2) is 4.97. The number of hydrogen-bond donors (Lipinski definition) is 1. The molecule has 2 heterocycles. The molecule has 0 bridgehead atoms. The van der Waals surface area contributed by atoms with Gasteiger partial charge in [-0.2, -0.15) is 0 Å². The lowest BCUT2D eigenvalue weighted by Crippen LogP contribution is -2.38. The van der Waals surface area contributed by atoms with Crippen LogP contribution >= 0.6 is 0 Å². The van der Waals surface area contributed by atoms with Gasteiger partial charge in [0.05, 0.1) is 0 Å². The molecule has 20 heavy (non-hydrogen) atoms. The van der Waals surface area contributed by atoms with Gasteiger partial charge >= 0.3 is 0 Å². The first-order valence-corrected chi connectivity index (χ1v) is 7.53. The van der Waals surface area contributed by atoms with E-state index in [-0.39, 0.29) is 5.91 Å². The van der Waals surface area contributed by atoms with Gasteiger partial charge in [0.15, 0.2) is 0 Å². The summed E-state index contributed by atoms with van der Waals surface area (Å²) in [4.78, 5) is 18.0. The summed E-state index contributed by atoms with van der Waals surface area (Å²) in [6, 6.07) is 4.31. The van der Waals surface area contributed by atoms with E-state index in [4.69, 9.17) is 0 Å². The molecule has 0 saturated carbocycles. The monoisotopic (exact) mass is 270 g/mol. The molecule has 0 spiro atoms. The SMILES string of the molecule is CCCCN1CCc2c([nH]c3c(C)c(C)ccc23)C1=O. The highest BCUT2D eigenvalue weighted by Crippen LogP contribution is 2.30. The van der Waals surface area contributed by atoms with Gasteiger partial charge in [0.25, 0.3) is 5.91 Å². The van der Waals surface area contributed by atoms with Gasteiger partial charge in [0.2, 0.25) is 0 Å². The van der Waals surface area contributed by atoms with E-state index in [0.29, 0.717) is 0 Å². The zero-order valence-electron chi connectivity index (χ0n) is 12.5. The molecule has 106 valence electrons. The minimum atomic E-state index is 0.174. The Kier molecular flexibility index (Phi) is 3.28. The van der Waals surface area contributed by atoms with Crippen molar-refractivity contribution in [3.8, 4) is 0 Å². The van der Waals surface area contributed by atoms with Gasteiger partial charge in [-0.15, -0.1) is 0 Å². The van der Waals surface area contributed by atoms with Crippen LogP contribution in [0.4, 0.5) is 0 Å². The van der Waals surface area contributed by atoms with Crippen LogP contribution in [0.3, 0.4) is 0 Å². The summed E-state index contributed by atoms with van der Waals surface area (Å²) in [5, 5.41) is 1.23. The molecule has 0 aliphatic carbocycles. The summed E-state index contributed by atoms with van der Waals surface area (Å²) in [5.41, 5.74) is 5.69. The van der Waals surface area contributed by atoms with Crippen molar-refractivity contribution in [1.29, 1.82) is 0 Å². The summed E-state index contributed by atoms with van der Waals surface area (Å²) >= 11 is 0. The third-order valence-corrected chi connectivity index (χ3v) is 4.53. The van der Waals surface area contributed by atoms with E-state index < -0.39 is 0 Å². The summed E-state index contributed by atoms with van der Waals surface area (Å²) < 4.78 is 0. The van der Waals surface area contributed by atoms with Gasteiger partial charge in [-0.3, -0.25) is 4.79 Å². The predicted octanol–water partition coefficient (Wildman–Crippen LogP) is 3.58. The van der Waals surface area contributed by atoms with Crippen LogP contribution < -0.4 is 0 Å². The van der Waals surface area contributed by atoms with Crippen molar-refractivity contribution < 1.29 is 4.79 Å². The highest BCUT2D eigenvalue weighted by Gasteiger charge is 2.27. The maximum Gasteiger partial charge on any atom is 0.270 e. The lowest BCUT2D eigenvalue weighted by Gasteiger charge is -2.26. The molecule has 1 aliphatic heterocycles. The van der Waals surface area contributed by atoms with Crippen LogP contribution in [0, 0.1) is 13.8 Å². The molecule has 1 amide bonds. The van der Waals surface area contributed by atoms with Gasteiger partial charge < -0.3 is 9.88 Å². The number of rotatable bonds is 3. The standard InChI is InChI=1S/C17H22N2O/c1-4-5-9-19-10-8-14-13-7-6-11(2)12(3)15(13)18-16(14)17(19)20/h6-7,18H,4-5,8-10H2,1-3H3. The molecule has 2 aromatic rings. The van der Waals surface area contributed by atoms with E-state index >= 15 is 0 Å². The molecule has 0 saturated heterocycles. The Labute approximate surface area is 120 Å². The topological polar surface area (TPSA) is 36.1 Å². The minimum Gasteiger partial charge on any atom is -0.350 e. The van der Waals surface area contributed by atoms with Crippen molar-refractivity contribution in [2.45, 2.75) is 40.0 Å². The Hall–Kier alpha value is -1.77.